The third kappa shape index (κ3) is 3.57. The van der Waals surface area contributed by atoms with Crippen molar-refractivity contribution in [3.05, 3.63) is 63.6 Å². The van der Waals surface area contributed by atoms with Crippen molar-refractivity contribution in [2.24, 2.45) is 0 Å². The van der Waals surface area contributed by atoms with Crippen molar-refractivity contribution in [1.82, 2.24) is 5.32 Å². The molecule has 0 heterocycles. The van der Waals surface area contributed by atoms with Crippen LogP contribution >= 0.6 is 23.2 Å². The Balaban J connectivity index is 1.63. The second-order valence-corrected chi connectivity index (χ2v) is 6.15. The highest BCUT2D eigenvalue weighted by atomic mass is 35.5. The molecule has 2 aromatic rings. The van der Waals surface area contributed by atoms with Gasteiger partial charge in [-0.3, -0.25) is 0 Å². The summed E-state index contributed by atoms with van der Waals surface area (Å²) in [7, 11) is 0. The van der Waals surface area contributed by atoms with Gasteiger partial charge in [-0.1, -0.05) is 29.3 Å². The molecule has 2 amide bonds. The van der Waals surface area contributed by atoms with Crippen LogP contribution in [0.1, 0.15) is 17.9 Å². The summed E-state index contributed by atoms with van der Waals surface area (Å²) in [6, 6.07) is 7.59. The highest BCUT2D eigenvalue weighted by molar-refractivity contribution is 6.35. The molecule has 0 spiro atoms. The number of hydrogen-bond acceptors (Lipinski definition) is 1. The van der Waals surface area contributed by atoms with Crippen LogP contribution in [0.5, 0.6) is 0 Å². The summed E-state index contributed by atoms with van der Waals surface area (Å²) >= 11 is 11.8. The smallest absolute Gasteiger partial charge is 0.319 e. The topological polar surface area (TPSA) is 41.1 Å². The number of urea groups is 1. The Kier molecular flexibility index (Phi) is 4.41. The first kappa shape index (κ1) is 16.0. The van der Waals surface area contributed by atoms with E-state index in [1.807, 2.05) is 0 Å². The Bertz CT molecular complexity index is 749. The third-order valence-electron chi connectivity index (χ3n) is 3.65. The van der Waals surface area contributed by atoms with E-state index in [2.05, 4.69) is 10.6 Å². The van der Waals surface area contributed by atoms with E-state index in [0.29, 0.717) is 22.2 Å². The summed E-state index contributed by atoms with van der Waals surface area (Å²) in [5, 5.41) is 6.01. The van der Waals surface area contributed by atoms with Crippen LogP contribution in [0, 0.1) is 11.6 Å². The van der Waals surface area contributed by atoms with E-state index in [1.165, 1.54) is 24.3 Å². The number of nitrogens with one attached hydrogen (secondary N) is 2. The molecular weight excluding hydrogens is 345 g/mol. The van der Waals surface area contributed by atoms with Crippen LogP contribution in [0.15, 0.2) is 36.4 Å². The van der Waals surface area contributed by atoms with Gasteiger partial charge in [0.05, 0.1) is 10.7 Å². The molecule has 0 radical (unpaired) electrons. The molecule has 2 atom stereocenters. The monoisotopic (exact) mass is 356 g/mol. The molecule has 0 unspecified atom stereocenters. The molecule has 2 N–H and O–H groups in total. The lowest BCUT2D eigenvalue weighted by Gasteiger charge is -2.10. The zero-order valence-electron chi connectivity index (χ0n) is 11.7. The average molecular weight is 357 g/mol. The summed E-state index contributed by atoms with van der Waals surface area (Å²) in [5.74, 6) is -1.56. The summed E-state index contributed by atoms with van der Waals surface area (Å²) in [6.07, 6.45) is 0.481. The van der Waals surface area contributed by atoms with Gasteiger partial charge in [0.1, 0.15) is 11.6 Å². The van der Waals surface area contributed by atoms with Gasteiger partial charge in [0, 0.05) is 22.5 Å². The van der Waals surface area contributed by atoms with Crippen LogP contribution in [0.4, 0.5) is 19.3 Å². The predicted octanol–water partition coefficient (Wildman–Crippen LogP) is 4.95. The highest BCUT2D eigenvalue weighted by Crippen LogP contribution is 2.43. The first-order chi connectivity index (χ1) is 11.0. The standard InChI is InChI=1S/C16H12Cl2F2N2O/c17-8-4-5-10(18)14(6-8)22-16(23)21-13-7-9(13)15-11(19)2-1-3-12(15)20/h1-6,9,13H,7H2,(H2,21,22,23)/t9-,13-/m0/s1. The maximum Gasteiger partial charge on any atom is 0.319 e. The van der Waals surface area contributed by atoms with Crippen LogP contribution in [0.25, 0.3) is 0 Å². The minimum absolute atomic E-state index is 0.0126. The molecule has 1 aliphatic carbocycles. The van der Waals surface area contributed by atoms with Crippen molar-refractivity contribution < 1.29 is 13.6 Å². The molecule has 120 valence electrons. The lowest BCUT2D eigenvalue weighted by molar-refractivity contribution is 0.251. The van der Waals surface area contributed by atoms with E-state index in [9.17, 15) is 13.6 Å². The number of benzene rings is 2. The van der Waals surface area contributed by atoms with E-state index in [1.54, 1.807) is 12.1 Å². The zero-order chi connectivity index (χ0) is 16.6. The van der Waals surface area contributed by atoms with Gasteiger partial charge in [-0.25, -0.2) is 13.6 Å². The van der Waals surface area contributed by atoms with Crippen molar-refractivity contribution in [3.63, 3.8) is 0 Å². The molecule has 0 aliphatic heterocycles. The molecular formula is C16H12Cl2F2N2O. The zero-order valence-corrected chi connectivity index (χ0v) is 13.3. The van der Waals surface area contributed by atoms with E-state index < -0.39 is 17.7 Å². The maximum absolute atomic E-state index is 13.7. The van der Waals surface area contributed by atoms with Crippen LogP contribution in [-0.2, 0) is 0 Å². The molecule has 1 saturated carbocycles. The lowest BCUT2D eigenvalue weighted by atomic mass is 10.1. The molecule has 0 aromatic heterocycles. The van der Waals surface area contributed by atoms with Gasteiger partial charge in [0.25, 0.3) is 0 Å². The van der Waals surface area contributed by atoms with Crippen LogP contribution < -0.4 is 10.6 Å². The lowest BCUT2D eigenvalue weighted by Crippen LogP contribution is -2.31. The molecule has 0 bridgehead atoms. The second-order valence-electron chi connectivity index (χ2n) is 5.31. The van der Waals surface area contributed by atoms with Crippen molar-refractivity contribution in [1.29, 1.82) is 0 Å². The van der Waals surface area contributed by atoms with Crippen LogP contribution in [0.3, 0.4) is 0 Å². The number of rotatable bonds is 3. The number of carbonyl (C=O) groups excluding carboxylic acids is 1. The molecule has 1 fully saturated rings. The van der Waals surface area contributed by atoms with E-state index in [4.69, 9.17) is 23.2 Å². The fourth-order valence-corrected chi connectivity index (χ4v) is 2.80. The molecule has 7 heteroatoms. The number of carbonyl (C=O) groups is 1. The first-order valence-corrected chi connectivity index (χ1v) is 7.68. The van der Waals surface area contributed by atoms with Crippen LogP contribution in [-0.4, -0.2) is 12.1 Å². The fraction of sp³-hybridized carbons (Fsp3) is 0.188. The van der Waals surface area contributed by atoms with Gasteiger partial charge in [-0.05, 0) is 36.8 Å². The number of amides is 2. The molecule has 0 saturated heterocycles. The minimum atomic E-state index is -0.599. The van der Waals surface area contributed by atoms with Crippen molar-refractivity contribution in [2.45, 2.75) is 18.4 Å². The van der Waals surface area contributed by atoms with Crippen molar-refractivity contribution in [2.75, 3.05) is 5.32 Å². The summed E-state index contributed by atoms with van der Waals surface area (Å²) in [6.45, 7) is 0. The average Bonchev–Trinajstić information content (AvgIpc) is 3.21. The minimum Gasteiger partial charge on any atom is -0.334 e. The first-order valence-electron chi connectivity index (χ1n) is 6.92. The Labute approximate surface area is 141 Å². The molecule has 1 aliphatic rings. The fourth-order valence-electron chi connectivity index (χ4n) is 2.46. The summed E-state index contributed by atoms with van der Waals surface area (Å²) in [5.41, 5.74) is 0.379. The van der Waals surface area contributed by atoms with Crippen LogP contribution in [0.2, 0.25) is 10.0 Å². The largest absolute Gasteiger partial charge is 0.334 e. The number of halogens is 4. The predicted molar refractivity (Wildman–Crippen MR) is 86.1 cm³/mol. The van der Waals surface area contributed by atoms with Gasteiger partial charge in [-0.2, -0.15) is 0 Å². The highest BCUT2D eigenvalue weighted by Gasteiger charge is 2.42. The van der Waals surface area contributed by atoms with Gasteiger partial charge < -0.3 is 10.6 Å². The Morgan fingerprint density at radius 3 is 2.52 bits per heavy atom. The van der Waals surface area contributed by atoms with Gasteiger partial charge >= 0.3 is 6.03 Å². The quantitative estimate of drug-likeness (QED) is 0.802. The Morgan fingerprint density at radius 2 is 1.83 bits per heavy atom. The van der Waals surface area contributed by atoms with Gasteiger partial charge in [0.15, 0.2) is 0 Å². The van der Waals surface area contributed by atoms with Gasteiger partial charge in [0.2, 0.25) is 0 Å². The third-order valence-corrected chi connectivity index (χ3v) is 4.22. The van der Waals surface area contributed by atoms with E-state index in [-0.39, 0.29) is 17.5 Å². The molecule has 23 heavy (non-hydrogen) atoms. The number of anilines is 1. The van der Waals surface area contributed by atoms with Crippen molar-refractivity contribution in [3.8, 4) is 0 Å². The van der Waals surface area contributed by atoms with E-state index >= 15 is 0 Å². The summed E-state index contributed by atoms with van der Waals surface area (Å²) in [4.78, 5) is 12.0. The van der Waals surface area contributed by atoms with E-state index in [0.717, 1.165) is 0 Å². The Morgan fingerprint density at radius 1 is 1.13 bits per heavy atom. The Hall–Kier alpha value is -1.85. The molecule has 3 nitrogen and oxygen atoms in total. The molecule has 3 rings (SSSR count). The number of hydrogen-bond donors (Lipinski definition) is 2. The SMILES string of the molecule is O=C(Nc1cc(Cl)ccc1Cl)N[C@H]1C[C@@H]1c1c(F)cccc1F. The normalized spacial score (nSPS) is 19.3. The molecule has 2 aromatic carbocycles. The van der Waals surface area contributed by atoms with Crippen molar-refractivity contribution >= 4 is 34.9 Å². The maximum atomic E-state index is 13.7. The summed E-state index contributed by atoms with van der Waals surface area (Å²) < 4.78 is 27.4. The second kappa shape index (κ2) is 6.34. The van der Waals surface area contributed by atoms with Gasteiger partial charge in [-0.15, -0.1) is 0 Å².